The highest BCUT2D eigenvalue weighted by Gasteiger charge is 2.09. The average molecular weight is 357 g/mol. The number of nitrogens with zero attached hydrogens (tertiary/aromatic N) is 1. The lowest BCUT2D eigenvalue weighted by atomic mass is 10.1. The Morgan fingerprint density at radius 2 is 1.88 bits per heavy atom. The van der Waals surface area contributed by atoms with E-state index < -0.39 is 0 Å². The summed E-state index contributed by atoms with van der Waals surface area (Å²) < 4.78 is 10.5. The number of carbonyl (C=O) groups excluding carboxylic acids is 1. The van der Waals surface area contributed by atoms with E-state index in [1.165, 1.54) is 0 Å². The second-order valence-corrected chi connectivity index (χ2v) is 6.41. The molecule has 2 aromatic rings. The van der Waals surface area contributed by atoms with Gasteiger partial charge in [0, 0.05) is 25.0 Å². The van der Waals surface area contributed by atoms with Crippen molar-refractivity contribution in [3.8, 4) is 11.5 Å². The maximum Gasteiger partial charge on any atom is 0.270 e. The van der Waals surface area contributed by atoms with Crippen molar-refractivity contribution in [1.29, 1.82) is 0 Å². The number of methoxy groups -OCH3 is 2. The van der Waals surface area contributed by atoms with Crippen molar-refractivity contribution in [2.24, 2.45) is 5.92 Å². The van der Waals surface area contributed by atoms with Crippen LogP contribution in [-0.2, 0) is 6.54 Å². The Bertz CT molecular complexity index is 732. The SMILES string of the molecule is COc1ccc(CNC(=O)c2cc(NCCC(C)C)ccn2)cc1OC. The van der Waals surface area contributed by atoms with E-state index in [9.17, 15) is 4.79 Å². The number of nitrogens with one attached hydrogen (secondary N) is 2. The molecule has 140 valence electrons. The molecule has 0 unspecified atom stereocenters. The fraction of sp³-hybridized carbons (Fsp3) is 0.400. The van der Waals surface area contributed by atoms with Crippen LogP contribution in [0.5, 0.6) is 11.5 Å². The first-order valence-electron chi connectivity index (χ1n) is 8.72. The number of rotatable bonds is 9. The Labute approximate surface area is 154 Å². The van der Waals surface area contributed by atoms with Gasteiger partial charge in [-0.3, -0.25) is 9.78 Å². The Morgan fingerprint density at radius 3 is 2.58 bits per heavy atom. The zero-order valence-electron chi connectivity index (χ0n) is 15.8. The third kappa shape index (κ3) is 5.65. The summed E-state index contributed by atoms with van der Waals surface area (Å²) in [6, 6.07) is 9.18. The molecule has 2 rings (SSSR count). The van der Waals surface area contributed by atoms with Crippen LogP contribution in [-0.4, -0.2) is 31.7 Å². The third-order valence-corrected chi connectivity index (χ3v) is 3.94. The minimum atomic E-state index is -0.215. The lowest BCUT2D eigenvalue weighted by Gasteiger charge is -2.11. The molecular formula is C20H27N3O3. The van der Waals surface area contributed by atoms with Crippen LogP contribution in [0.2, 0.25) is 0 Å². The van der Waals surface area contributed by atoms with Crippen LogP contribution in [0.3, 0.4) is 0 Å². The number of amides is 1. The average Bonchev–Trinajstić information content (AvgIpc) is 2.65. The standard InChI is InChI=1S/C20H27N3O3/c1-14(2)7-9-21-16-8-10-22-17(12-16)20(24)23-13-15-5-6-18(25-3)19(11-15)26-4/h5-6,8,10-12,14H,7,9,13H2,1-4H3,(H,21,22)(H,23,24). The molecule has 26 heavy (non-hydrogen) atoms. The molecule has 1 amide bonds. The summed E-state index contributed by atoms with van der Waals surface area (Å²) in [5.41, 5.74) is 2.21. The Balaban J connectivity index is 1.95. The highest BCUT2D eigenvalue weighted by Crippen LogP contribution is 2.27. The van der Waals surface area contributed by atoms with Crippen LogP contribution >= 0.6 is 0 Å². The molecule has 1 heterocycles. The quantitative estimate of drug-likeness (QED) is 0.719. The number of ether oxygens (including phenoxy) is 2. The van der Waals surface area contributed by atoms with Gasteiger partial charge in [0.1, 0.15) is 5.69 Å². The predicted molar refractivity (Wildman–Crippen MR) is 103 cm³/mol. The molecule has 0 aliphatic carbocycles. The highest BCUT2D eigenvalue weighted by molar-refractivity contribution is 5.93. The maximum absolute atomic E-state index is 12.4. The molecular weight excluding hydrogens is 330 g/mol. The monoisotopic (exact) mass is 357 g/mol. The minimum absolute atomic E-state index is 0.215. The molecule has 0 saturated heterocycles. The number of anilines is 1. The Hall–Kier alpha value is -2.76. The first kappa shape index (κ1) is 19.6. The number of hydrogen-bond donors (Lipinski definition) is 2. The molecule has 0 fully saturated rings. The molecule has 0 aliphatic heterocycles. The molecule has 6 nitrogen and oxygen atoms in total. The Kier molecular flexibility index (Phi) is 7.26. The number of hydrogen-bond acceptors (Lipinski definition) is 5. The molecule has 1 aromatic heterocycles. The Morgan fingerprint density at radius 1 is 1.12 bits per heavy atom. The highest BCUT2D eigenvalue weighted by atomic mass is 16.5. The summed E-state index contributed by atoms with van der Waals surface area (Å²) in [6.07, 6.45) is 2.71. The van der Waals surface area contributed by atoms with Crippen LogP contribution in [0.4, 0.5) is 5.69 Å². The van der Waals surface area contributed by atoms with E-state index in [1.54, 1.807) is 26.5 Å². The van der Waals surface area contributed by atoms with Crippen LogP contribution in [0.15, 0.2) is 36.5 Å². The van der Waals surface area contributed by atoms with Gasteiger partial charge in [-0.1, -0.05) is 19.9 Å². The molecule has 0 atom stereocenters. The second kappa shape index (κ2) is 9.65. The summed E-state index contributed by atoms with van der Waals surface area (Å²) in [6.45, 7) is 5.61. The fourth-order valence-corrected chi connectivity index (χ4v) is 2.43. The van der Waals surface area contributed by atoms with E-state index >= 15 is 0 Å². The largest absolute Gasteiger partial charge is 0.493 e. The van der Waals surface area contributed by atoms with Crippen LogP contribution in [0.25, 0.3) is 0 Å². The van der Waals surface area contributed by atoms with Crippen molar-refractivity contribution in [3.63, 3.8) is 0 Å². The van der Waals surface area contributed by atoms with E-state index in [0.29, 0.717) is 29.7 Å². The molecule has 0 bridgehead atoms. The van der Waals surface area contributed by atoms with Gasteiger partial charge in [-0.15, -0.1) is 0 Å². The van der Waals surface area contributed by atoms with Crippen molar-refractivity contribution in [2.45, 2.75) is 26.8 Å². The van der Waals surface area contributed by atoms with Crippen molar-refractivity contribution >= 4 is 11.6 Å². The van der Waals surface area contributed by atoms with Gasteiger partial charge < -0.3 is 20.1 Å². The first-order chi connectivity index (χ1) is 12.5. The summed E-state index contributed by atoms with van der Waals surface area (Å²) in [5, 5.41) is 6.20. The van der Waals surface area contributed by atoms with Gasteiger partial charge in [-0.2, -0.15) is 0 Å². The molecule has 0 aliphatic rings. The fourth-order valence-electron chi connectivity index (χ4n) is 2.43. The number of aromatic nitrogens is 1. The zero-order valence-corrected chi connectivity index (χ0v) is 15.8. The summed E-state index contributed by atoms with van der Waals surface area (Å²) in [5.74, 6) is 1.71. The molecule has 0 radical (unpaired) electrons. The van der Waals surface area contributed by atoms with Crippen molar-refractivity contribution in [1.82, 2.24) is 10.3 Å². The van der Waals surface area contributed by atoms with Gasteiger partial charge in [-0.25, -0.2) is 0 Å². The van der Waals surface area contributed by atoms with E-state index in [4.69, 9.17) is 9.47 Å². The summed E-state index contributed by atoms with van der Waals surface area (Å²) in [7, 11) is 3.18. The molecule has 2 N–H and O–H groups in total. The van der Waals surface area contributed by atoms with Crippen LogP contribution in [0, 0.1) is 5.92 Å². The van der Waals surface area contributed by atoms with Crippen molar-refractivity contribution in [3.05, 3.63) is 47.8 Å². The van der Waals surface area contributed by atoms with E-state index in [1.807, 2.05) is 24.3 Å². The molecule has 0 spiro atoms. The molecule has 6 heteroatoms. The van der Waals surface area contributed by atoms with Gasteiger partial charge >= 0.3 is 0 Å². The van der Waals surface area contributed by atoms with Crippen LogP contribution < -0.4 is 20.1 Å². The van der Waals surface area contributed by atoms with E-state index in [0.717, 1.165) is 24.2 Å². The van der Waals surface area contributed by atoms with Crippen LogP contribution in [0.1, 0.15) is 36.3 Å². The number of pyridine rings is 1. The third-order valence-electron chi connectivity index (χ3n) is 3.94. The van der Waals surface area contributed by atoms with Gasteiger partial charge in [0.15, 0.2) is 11.5 Å². The summed E-state index contributed by atoms with van der Waals surface area (Å²) in [4.78, 5) is 16.5. The summed E-state index contributed by atoms with van der Waals surface area (Å²) >= 11 is 0. The number of carbonyl (C=O) groups is 1. The van der Waals surface area contributed by atoms with E-state index in [2.05, 4.69) is 29.5 Å². The molecule has 0 saturated carbocycles. The topological polar surface area (TPSA) is 72.5 Å². The lowest BCUT2D eigenvalue weighted by molar-refractivity contribution is 0.0946. The smallest absolute Gasteiger partial charge is 0.270 e. The van der Waals surface area contributed by atoms with Gasteiger partial charge in [0.05, 0.1) is 14.2 Å². The normalized spacial score (nSPS) is 10.5. The first-order valence-corrected chi connectivity index (χ1v) is 8.72. The van der Waals surface area contributed by atoms with Crippen molar-refractivity contribution in [2.75, 3.05) is 26.1 Å². The predicted octanol–water partition coefficient (Wildman–Crippen LogP) is 3.49. The maximum atomic E-state index is 12.4. The lowest BCUT2D eigenvalue weighted by Crippen LogP contribution is -2.24. The molecule has 1 aromatic carbocycles. The van der Waals surface area contributed by atoms with Gasteiger partial charge in [0.2, 0.25) is 0 Å². The second-order valence-electron chi connectivity index (χ2n) is 6.41. The van der Waals surface area contributed by atoms with Crippen molar-refractivity contribution < 1.29 is 14.3 Å². The van der Waals surface area contributed by atoms with E-state index in [-0.39, 0.29) is 5.91 Å². The zero-order chi connectivity index (χ0) is 18.9. The minimum Gasteiger partial charge on any atom is -0.493 e. The van der Waals surface area contributed by atoms with Gasteiger partial charge in [-0.05, 0) is 42.2 Å². The number of benzene rings is 1. The van der Waals surface area contributed by atoms with Gasteiger partial charge in [0.25, 0.3) is 5.91 Å².